The lowest BCUT2D eigenvalue weighted by atomic mass is 9.98. The third kappa shape index (κ3) is 3.62. The molecule has 8 nitrogen and oxygen atoms in total. The molecule has 1 atom stereocenters. The van der Waals surface area contributed by atoms with Crippen molar-refractivity contribution in [2.45, 2.75) is 13.8 Å². The molecule has 2 aromatic rings. The van der Waals surface area contributed by atoms with Crippen molar-refractivity contribution in [1.29, 1.82) is 0 Å². The number of rotatable bonds is 3. The lowest BCUT2D eigenvalue weighted by Gasteiger charge is -2.27. The quantitative estimate of drug-likeness (QED) is 0.590. The maximum absolute atomic E-state index is 13.1. The van der Waals surface area contributed by atoms with Crippen molar-refractivity contribution in [2.75, 3.05) is 9.91 Å². The van der Waals surface area contributed by atoms with Gasteiger partial charge >= 0.3 is 6.03 Å². The Morgan fingerprint density at radius 3 is 2.39 bits per heavy atom. The molecule has 9 heteroatoms. The Balaban J connectivity index is 1.68. The number of aryl methyl sites for hydroxylation is 1. The van der Waals surface area contributed by atoms with Gasteiger partial charge in [-0.3, -0.25) is 19.7 Å². The number of carbonyl (C=O) groups excluding carboxylic acids is 4. The van der Waals surface area contributed by atoms with E-state index in [1.807, 2.05) is 6.07 Å². The number of hydrazone groups is 1. The van der Waals surface area contributed by atoms with Crippen LogP contribution in [0.1, 0.15) is 12.5 Å². The molecule has 4 rings (SSSR count). The fourth-order valence-electron chi connectivity index (χ4n) is 3.32. The standard InChI is InChI=1S/C22H17ClN4O4/c1-12-8-9-15(10-18(12)23)26-20(29)17(19(28)24-22(26)31)11-16-13(2)25-27(21(16)30)14-6-4-3-5-7-14/h3-11,16H,1-2H3,(H,24,28,31)/b17-11-/t16-/m0/s1. The van der Waals surface area contributed by atoms with Gasteiger partial charge in [-0.05, 0) is 49.8 Å². The first-order valence-corrected chi connectivity index (χ1v) is 9.77. The molecule has 0 saturated carbocycles. The number of hydrogen-bond donors (Lipinski definition) is 1. The van der Waals surface area contributed by atoms with Crippen molar-refractivity contribution in [3.8, 4) is 0 Å². The van der Waals surface area contributed by atoms with Crippen LogP contribution >= 0.6 is 11.6 Å². The molecule has 5 amide bonds. The third-order valence-electron chi connectivity index (χ3n) is 5.03. The summed E-state index contributed by atoms with van der Waals surface area (Å²) in [4.78, 5) is 51.6. The van der Waals surface area contributed by atoms with Gasteiger partial charge in [-0.15, -0.1) is 0 Å². The Morgan fingerprint density at radius 1 is 1.00 bits per heavy atom. The summed E-state index contributed by atoms with van der Waals surface area (Å²) in [6, 6.07) is 12.6. The van der Waals surface area contributed by atoms with Gasteiger partial charge < -0.3 is 0 Å². The molecule has 0 aliphatic carbocycles. The highest BCUT2D eigenvalue weighted by molar-refractivity contribution is 6.38. The van der Waals surface area contributed by atoms with Crippen LogP contribution in [0.2, 0.25) is 5.02 Å². The first-order valence-electron chi connectivity index (χ1n) is 9.40. The Bertz CT molecular complexity index is 1190. The van der Waals surface area contributed by atoms with Crippen LogP contribution in [0.25, 0.3) is 0 Å². The molecule has 31 heavy (non-hydrogen) atoms. The Labute approximate surface area is 182 Å². The van der Waals surface area contributed by atoms with E-state index in [-0.39, 0.29) is 11.3 Å². The minimum absolute atomic E-state index is 0.213. The van der Waals surface area contributed by atoms with E-state index in [0.29, 0.717) is 16.4 Å². The molecule has 2 heterocycles. The van der Waals surface area contributed by atoms with Gasteiger partial charge in [0.05, 0.1) is 23.0 Å². The predicted octanol–water partition coefficient (Wildman–Crippen LogP) is 3.20. The first kappa shape index (κ1) is 20.5. The van der Waals surface area contributed by atoms with Gasteiger partial charge in [0.2, 0.25) is 0 Å². The summed E-state index contributed by atoms with van der Waals surface area (Å²) in [5.74, 6) is -3.03. The summed E-state index contributed by atoms with van der Waals surface area (Å²) in [7, 11) is 0. The van der Waals surface area contributed by atoms with Crippen molar-refractivity contribution in [3.05, 3.63) is 70.8 Å². The molecule has 1 N–H and O–H groups in total. The molecule has 2 aromatic carbocycles. The number of benzene rings is 2. The van der Waals surface area contributed by atoms with Crippen LogP contribution < -0.4 is 15.2 Å². The molecule has 2 aliphatic heterocycles. The summed E-state index contributed by atoms with van der Waals surface area (Å²) < 4.78 is 0. The molecule has 2 aliphatic rings. The van der Waals surface area contributed by atoms with Crippen molar-refractivity contribution in [1.82, 2.24) is 5.32 Å². The zero-order valence-electron chi connectivity index (χ0n) is 16.6. The molecule has 156 valence electrons. The van der Waals surface area contributed by atoms with E-state index >= 15 is 0 Å². The number of nitrogens with one attached hydrogen (secondary N) is 1. The van der Waals surface area contributed by atoms with E-state index < -0.39 is 29.7 Å². The number of nitrogens with zero attached hydrogens (tertiary/aromatic N) is 3. The van der Waals surface area contributed by atoms with E-state index in [1.165, 1.54) is 17.2 Å². The smallest absolute Gasteiger partial charge is 0.273 e. The highest BCUT2D eigenvalue weighted by atomic mass is 35.5. The lowest BCUT2D eigenvalue weighted by molar-refractivity contribution is -0.122. The average Bonchev–Trinajstić information content (AvgIpc) is 3.02. The molecule has 1 saturated heterocycles. The summed E-state index contributed by atoms with van der Waals surface area (Å²) in [5, 5.41) is 8.00. The van der Waals surface area contributed by atoms with E-state index in [4.69, 9.17) is 11.6 Å². The number of urea groups is 1. The van der Waals surface area contributed by atoms with E-state index in [2.05, 4.69) is 10.4 Å². The molecular weight excluding hydrogens is 420 g/mol. The van der Waals surface area contributed by atoms with Crippen LogP contribution in [-0.2, 0) is 14.4 Å². The number of barbiturate groups is 1. The minimum atomic E-state index is -0.915. The first-order chi connectivity index (χ1) is 14.8. The zero-order chi connectivity index (χ0) is 22.3. The van der Waals surface area contributed by atoms with Crippen molar-refractivity contribution in [3.63, 3.8) is 0 Å². The fraction of sp³-hybridized carbons (Fsp3) is 0.136. The van der Waals surface area contributed by atoms with E-state index in [9.17, 15) is 19.2 Å². The van der Waals surface area contributed by atoms with Gasteiger partial charge in [0.15, 0.2) is 0 Å². The number of para-hydroxylation sites is 1. The molecular formula is C22H17ClN4O4. The molecule has 0 bridgehead atoms. The van der Waals surface area contributed by atoms with Crippen LogP contribution in [0.3, 0.4) is 0 Å². The van der Waals surface area contributed by atoms with E-state index in [0.717, 1.165) is 10.5 Å². The van der Waals surface area contributed by atoms with Gasteiger partial charge in [-0.25, -0.2) is 9.69 Å². The second kappa shape index (κ2) is 7.81. The SMILES string of the molecule is CC1=NN(c2ccccc2)C(=O)[C@H]1/C=C1/C(=O)NC(=O)N(c2ccc(C)c(Cl)c2)C1=O. The maximum Gasteiger partial charge on any atom is 0.335 e. The second-order valence-corrected chi connectivity index (χ2v) is 7.53. The maximum atomic E-state index is 13.1. The van der Waals surface area contributed by atoms with Crippen molar-refractivity contribution in [2.24, 2.45) is 11.0 Å². The Kier molecular flexibility index (Phi) is 5.16. The summed E-state index contributed by atoms with van der Waals surface area (Å²) in [6.07, 6.45) is 1.25. The van der Waals surface area contributed by atoms with Crippen LogP contribution in [0.15, 0.2) is 65.3 Å². The van der Waals surface area contributed by atoms with Crippen LogP contribution in [-0.4, -0.2) is 29.5 Å². The fourth-order valence-corrected chi connectivity index (χ4v) is 3.50. The van der Waals surface area contributed by atoms with Crippen molar-refractivity contribution < 1.29 is 19.2 Å². The number of halogens is 1. The van der Waals surface area contributed by atoms with Gasteiger partial charge in [0, 0.05) is 5.02 Å². The van der Waals surface area contributed by atoms with Crippen LogP contribution in [0.5, 0.6) is 0 Å². The highest BCUT2D eigenvalue weighted by Crippen LogP contribution is 2.29. The number of carbonyl (C=O) groups is 4. The number of imide groups is 2. The van der Waals surface area contributed by atoms with Gasteiger partial charge in [0.1, 0.15) is 5.57 Å². The number of hydrogen-bond acceptors (Lipinski definition) is 5. The summed E-state index contributed by atoms with van der Waals surface area (Å²) in [5.41, 5.74) is 1.65. The summed E-state index contributed by atoms with van der Waals surface area (Å²) in [6.45, 7) is 3.42. The minimum Gasteiger partial charge on any atom is -0.273 e. The number of amides is 5. The van der Waals surface area contributed by atoms with E-state index in [1.54, 1.807) is 50.2 Å². The largest absolute Gasteiger partial charge is 0.335 e. The predicted molar refractivity (Wildman–Crippen MR) is 116 cm³/mol. The second-order valence-electron chi connectivity index (χ2n) is 7.12. The zero-order valence-corrected chi connectivity index (χ0v) is 17.4. The van der Waals surface area contributed by atoms with Crippen LogP contribution in [0.4, 0.5) is 16.2 Å². The van der Waals surface area contributed by atoms with Gasteiger partial charge in [-0.1, -0.05) is 35.9 Å². The normalized spacial score (nSPS) is 20.4. The van der Waals surface area contributed by atoms with Crippen molar-refractivity contribution >= 4 is 52.4 Å². The Hall–Kier alpha value is -3.78. The lowest BCUT2D eigenvalue weighted by Crippen LogP contribution is -2.54. The summed E-state index contributed by atoms with van der Waals surface area (Å²) >= 11 is 6.13. The van der Waals surface area contributed by atoms with Gasteiger partial charge in [0.25, 0.3) is 17.7 Å². The van der Waals surface area contributed by atoms with Crippen LogP contribution in [0, 0.1) is 12.8 Å². The highest BCUT2D eigenvalue weighted by Gasteiger charge is 2.40. The average molecular weight is 437 g/mol. The molecule has 0 radical (unpaired) electrons. The number of anilines is 2. The third-order valence-corrected chi connectivity index (χ3v) is 5.44. The molecule has 0 aromatic heterocycles. The Morgan fingerprint density at radius 2 is 1.71 bits per heavy atom. The molecule has 0 spiro atoms. The molecule has 1 fully saturated rings. The monoisotopic (exact) mass is 436 g/mol. The topological polar surface area (TPSA) is 99.2 Å². The molecule has 0 unspecified atom stereocenters. The van der Waals surface area contributed by atoms with Gasteiger partial charge in [-0.2, -0.15) is 10.1 Å².